The van der Waals surface area contributed by atoms with Crippen molar-refractivity contribution in [2.75, 3.05) is 52.9 Å². The van der Waals surface area contributed by atoms with Crippen molar-refractivity contribution in [3.8, 4) is 0 Å². The van der Waals surface area contributed by atoms with Crippen molar-refractivity contribution in [3.05, 3.63) is 0 Å². The fourth-order valence-electron chi connectivity index (χ4n) is 1.74. The van der Waals surface area contributed by atoms with Crippen LogP contribution in [0.3, 0.4) is 0 Å². The highest BCUT2D eigenvalue weighted by atomic mass is 16.8. The zero-order valence-corrected chi connectivity index (χ0v) is 17.1. The highest BCUT2D eigenvalue weighted by Crippen LogP contribution is 2.22. The standard InChI is InChI=1S/C17H28O12/c1-5-22-13(18)26-9-17(10-27-14(19)23-6-2,11-28-15(20)24-7-3)12-29-16(21)25-8-4/h5-12H2,1-4H3. The van der Waals surface area contributed by atoms with Gasteiger partial charge in [0.15, 0.2) is 0 Å². The topological polar surface area (TPSA) is 142 Å². The third kappa shape index (κ3) is 12.2. The summed E-state index contributed by atoms with van der Waals surface area (Å²) in [5.74, 6) is 0. The molecule has 0 amide bonds. The Kier molecular flexibility index (Phi) is 13.5. The summed E-state index contributed by atoms with van der Waals surface area (Å²) in [6, 6.07) is 0. The Morgan fingerprint density at radius 1 is 0.448 bits per heavy atom. The maximum atomic E-state index is 11.6. The van der Waals surface area contributed by atoms with Gasteiger partial charge < -0.3 is 37.9 Å². The SMILES string of the molecule is CCOC(=O)OCC(COC(=O)OCC)(COC(=O)OCC)COC(=O)OCC. The highest BCUT2D eigenvalue weighted by Gasteiger charge is 2.39. The summed E-state index contributed by atoms with van der Waals surface area (Å²) >= 11 is 0. The second kappa shape index (κ2) is 15.1. The molecule has 12 nitrogen and oxygen atoms in total. The molecule has 0 radical (unpaired) electrons. The molecule has 0 aromatic heterocycles. The van der Waals surface area contributed by atoms with Crippen LogP contribution >= 0.6 is 0 Å². The van der Waals surface area contributed by atoms with Crippen molar-refractivity contribution in [3.63, 3.8) is 0 Å². The van der Waals surface area contributed by atoms with Crippen molar-refractivity contribution >= 4 is 24.6 Å². The van der Waals surface area contributed by atoms with E-state index in [1.165, 1.54) is 0 Å². The quantitative estimate of drug-likeness (QED) is 0.335. The molecule has 168 valence electrons. The van der Waals surface area contributed by atoms with Gasteiger partial charge in [-0.3, -0.25) is 0 Å². The first-order chi connectivity index (χ1) is 13.8. The highest BCUT2D eigenvalue weighted by molar-refractivity contribution is 5.61. The van der Waals surface area contributed by atoms with Gasteiger partial charge in [-0.25, -0.2) is 19.2 Å². The van der Waals surface area contributed by atoms with Crippen LogP contribution in [0, 0.1) is 5.41 Å². The Morgan fingerprint density at radius 3 is 0.828 bits per heavy atom. The number of ether oxygens (including phenoxy) is 8. The van der Waals surface area contributed by atoms with Crippen molar-refractivity contribution in [2.24, 2.45) is 5.41 Å². The van der Waals surface area contributed by atoms with Crippen molar-refractivity contribution in [1.82, 2.24) is 0 Å². The van der Waals surface area contributed by atoms with Gasteiger partial charge in [-0.05, 0) is 27.7 Å². The molecule has 29 heavy (non-hydrogen) atoms. The maximum Gasteiger partial charge on any atom is 0.508 e. The van der Waals surface area contributed by atoms with E-state index in [-0.39, 0.29) is 26.4 Å². The zero-order valence-electron chi connectivity index (χ0n) is 17.1. The summed E-state index contributed by atoms with van der Waals surface area (Å²) in [5, 5.41) is 0. The largest absolute Gasteiger partial charge is 0.508 e. The minimum absolute atomic E-state index is 0.0593. The lowest BCUT2D eigenvalue weighted by molar-refractivity contribution is -0.0815. The first-order valence-electron chi connectivity index (χ1n) is 9.00. The molecule has 0 rings (SSSR count). The number of rotatable bonds is 12. The van der Waals surface area contributed by atoms with Gasteiger partial charge in [0, 0.05) is 0 Å². The van der Waals surface area contributed by atoms with Gasteiger partial charge >= 0.3 is 24.6 Å². The molecule has 12 heteroatoms. The summed E-state index contributed by atoms with van der Waals surface area (Å²) in [7, 11) is 0. The molecule has 0 N–H and O–H groups in total. The Morgan fingerprint density at radius 2 is 0.655 bits per heavy atom. The normalized spacial score (nSPS) is 10.3. The van der Waals surface area contributed by atoms with Crippen molar-refractivity contribution < 1.29 is 57.1 Å². The summed E-state index contributed by atoms with van der Waals surface area (Å²) in [6.07, 6.45) is -4.05. The summed E-state index contributed by atoms with van der Waals surface area (Å²) in [5.41, 5.74) is -1.47. The lowest BCUT2D eigenvalue weighted by Gasteiger charge is -2.30. The van der Waals surface area contributed by atoms with Crippen LogP contribution in [0.15, 0.2) is 0 Å². The van der Waals surface area contributed by atoms with Gasteiger partial charge in [0.1, 0.15) is 31.8 Å². The minimum atomic E-state index is -1.47. The molecule has 0 spiro atoms. The Balaban J connectivity index is 5.35. The average Bonchev–Trinajstić information content (AvgIpc) is 2.68. The molecule has 0 fully saturated rings. The Labute approximate surface area is 168 Å². The Hall–Kier alpha value is -2.92. The van der Waals surface area contributed by atoms with Crippen LogP contribution in [-0.4, -0.2) is 77.5 Å². The Bertz CT molecular complexity index is 425. The van der Waals surface area contributed by atoms with E-state index in [1.807, 2.05) is 0 Å². The maximum absolute atomic E-state index is 11.6. The number of carbonyl (C=O) groups is 4. The zero-order chi connectivity index (χ0) is 22.1. The van der Waals surface area contributed by atoms with Gasteiger partial charge in [-0.15, -0.1) is 0 Å². The van der Waals surface area contributed by atoms with E-state index >= 15 is 0 Å². The van der Waals surface area contributed by atoms with Crippen LogP contribution in [0.1, 0.15) is 27.7 Å². The predicted molar refractivity (Wildman–Crippen MR) is 94.3 cm³/mol. The van der Waals surface area contributed by atoms with Gasteiger partial charge in [-0.2, -0.15) is 0 Å². The molecule has 0 atom stereocenters. The third-order valence-corrected chi connectivity index (χ3v) is 3.03. The monoisotopic (exact) mass is 424 g/mol. The van der Waals surface area contributed by atoms with Crippen LogP contribution in [-0.2, 0) is 37.9 Å². The number of hydrogen-bond donors (Lipinski definition) is 0. The van der Waals surface area contributed by atoms with E-state index in [2.05, 4.69) is 18.9 Å². The summed E-state index contributed by atoms with van der Waals surface area (Å²) < 4.78 is 38.6. The van der Waals surface area contributed by atoms with Gasteiger partial charge in [0.25, 0.3) is 0 Å². The predicted octanol–water partition coefficient (Wildman–Crippen LogP) is 2.67. The molecule has 0 aliphatic carbocycles. The van der Waals surface area contributed by atoms with Gasteiger partial charge in [0.05, 0.1) is 26.4 Å². The molecule has 0 saturated carbocycles. The molecule has 0 bridgehead atoms. The second-order valence-corrected chi connectivity index (χ2v) is 5.39. The van der Waals surface area contributed by atoms with Crippen LogP contribution in [0.5, 0.6) is 0 Å². The van der Waals surface area contributed by atoms with Crippen molar-refractivity contribution in [1.29, 1.82) is 0 Å². The molecular formula is C17H28O12. The van der Waals surface area contributed by atoms with E-state index < -0.39 is 56.5 Å². The van der Waals surface area contributed by atoms with Crippen LogP contribution in [0.25, 0.3) is 0 Å². The molecule has 0 heterocycles. The summed E-state index contributed by atoms with van der Waals surface area (Å²) in [4.78, 5) is 46.3. The molecule has 0 aromatic rings. The third-order valence-electron chi connectivity index (χ3n) is 3.03. The van der Waals surface area contributed by atoms with E-state index in [4.69, 9.17) is 18.9 Å². The fourth-order valence-corrected chi connectivity index (χ4v) is 1.74. The lowest BCUT2D eigenvalue weighted by Crippen LogP contribution is -2.44. The van der Waals surface area contributed by atoms with Gasteiger partial charge in [-0.1, -0.05) is 0 Å². The molecule has 0 aliphatic rings. The fraction of sp³-hybridized carbons (Fsp3) is 0.765. The van der Waals surface area contributed by atoms with Crippen molar-refractivity contribution in [2.45, 2.75) is 27.7 Å². The molecule has 0 aromatic carbocycles. The van der Waals surface area contributed by atoms with Crippen LogP contribution in [0.4, 0.5) is 19.2 Å². The average molecular weight is 424 g/mol. The van der Waals surface area contributed by atoms with E-state index in [1.54, 1.807) is 27.7 Å². The first kappa shape index (κ1) is 26.1. The van der Waals surface area contributed by atoms with E-state index in [9.17, 15) is 19.2 Å². The smallest absolute Gasteiger partial charge is 0.435 e. The van der Waals surface area contributed by atoms with Crippen LogP contribution in [0.2, 0.25) is 0 Å². The van der Waals surface area contributed by atoms with Gasteiger partial charge in [0.2, 0.25) is 0 Å². The molecular weight excluding hydrogens is 396 g/mol. The minimum Gasteiger partial charge on any atom is -0.435 e. The van der Waals surface area contributed by atoms with E-state index in [0.717, 1.165) is 0 Å². The second-order valence-electron chi connectivity index (χ2n) is 5.39. The molecule has 0 aliphatic heterocycles. The first-order valence-corrected chi connectivity index (χ1v) is 9.00. The van der Waals surface area contributed by atoms with Crippen LogP contribution < -0.4 is 0 Å². The molecule has 0 unspecified atom stereocenters. The number of hydrogen-bond acceptors (Lipinski definition) is 12. The van der Waals surface area contributed by atoms with E-state index in [0.29, 0.717) is 0 Å². The summed E-state index contributed by atoms with van der Waals surface area (Å²) in [6.45, 7) is 4.61. The molecule has 0 saturated heterocycles. The lowest BCUT2D eigenvalue weighted by atomic mass is 9.92. The number of carbonyl (C=O) groups excluding carboxylic acids is 4.